The number of alkyl halides is 2. The molecule has 0 amide bonds. The van der Waals surface area contributed by atoms with Gasteiger partial charge in [0.15, 0.2) is 0 Å². The van der Waals surface area contributed by atoms with Gasteiger partial charge >= 0.3 is 6.61 Å². The monoisotopic (exact) mass is 389 g/mol. The Kier molecular flexibility index (Phi) is 5.46. The number of thiazole rings is 1. The molecule has 4 rings (SSSR count). The van der Waals surface area contributed by atoms with Gasteiger partial charge in [0.2, 0.25) is 5.88 Å². The van der Waals surface area contributed by atoms with Crippen LogP contribution >= 0.6 is 11.3 Å². The van der Waals surface area contributed by atoms with Crippen LogP contribution in [0.15, 0.2) is 36.5 Å². The predicted molar refractivity (Wildman–Crippen MR) is 103 cm³/mol. The van der Waals surface area contributed by atoms with Gasteiger partial charge in [0, 0.05) is 5.56 Å². The molecule has 0 radical (unpaired) electrons. The molecule has 2 aromatic heterocycles. The van der Waals surface area contributed by atoms with Gasteiger partial charge in [-0.2, -0.15) is 8.78 Å². The number of nitrogens with zero attached hydrogens (tertiary/aromatic N) is 3. The average Bonchev–Trinajstić information content (AvgIpc) is 3.05. The Balaban J connectivity index is 0.00000102. The Morgan fingerprint density at radius 2 is 1.85 bits per heavy atom. The topological polar surface area (TPSA) is 68.1 Å². The van der Waals surface area contributed by atoms with E-state index in [0.717, 1.165) is 21.3 Å². The highest BCUT2D eigenvalue weighted by Crippen LogP contribution is 2.35. The van der Waals surface area contributed by atoms with Crippen LogP contribution < -0.4 is 4.74 Å². The molecule has 0 aliphatic heterocycles. The molecule has 5 nitrogen and oxygen atoms in total. The molecule has 0 spiro atoms. The summed E-state index contributed by atoms with van der Waals surface area (Å²) >= 11 is 1.41. The lowest BCUT2D eigenvalue weighted by atomic mass is 10.1. The van der Waals surface area contributed by atoms with E-state index in [2.05, 4.69) is 19.7 Å². The van der Waals surface area contributed by atoms with E-state index in [1.165, 1.54) is 17.5 Å². The molecular formula is C19H17F2N3O2S. The van der Waals surface area contributed by atoms with E-state index in [1.54, 1.807) is 24.3 Å². The van der Waals surface area contributed by atoms with Crippen molar-refractivity contribution < 1.29 is 18.6 Å². The second kappa shape index (κ2) is 7.79. The minimum absolute atomic E-state index is 0.172. The fourth-order valence-corrected chi connectivity index (χ4v) is 3.60. The maximum absolute atomic E-state index is 12.4. The van der Waals surface area contributed by atoms with Crippen molar-refractivity contribution in [3.8, 4) is 22.2 Å². The van der Waals surface area contributed by atoms with Crippen LogP contribution in [0.3, 0.4) is 0 Å². The number of halogens is 2. The first-order valence-electron chi connectivity index (χ1n) is 8.32. The lowest BCUT2D eigenvalue weighted by Gasteiger charge is -2.07. The Morgan fingerprint density at radius 3 is 2.59 bits per heavy atom. The molecule has 0 unspecified atom stereocenters. The summed E-state index contributed by atoms with van der Waals surface area (Å²) in [6, 6.07) is 8.64. The van der Waals surface area contributed by atoms with Crippen molar-refractivity contribution in [3.05, 3.63) is 42.1 Å². The number of aromatic nitrogens is 3. The predicted octanol–water partition coefficient (Wildman–Crippen LogP) is 5.55. The van der Waals surface area contributed by atoms with Crippen LogP contribution in [0.5, 0.6) is 11.6 Å². The van der Waals surface area contributed by atoms with Crippen molar-refractivity contribution >= 4 is 32.6 Å². The first-order chi connectivity index (χ1) is 13.0. The van der Waals surface area contributed by atoms with E-state index >= 15 is 0 Å². The van der Waals surface area contributed by atoms with Gasteiger partial charge < -0.3 is 9.84 Å². The molecule has 0 fully saturated rings. The fraction of sp³-hybridized carbons (Fsp3) is 0.211. The number of ether oxygens (including phenoxy) is 1. The fourth-order valence-electron chi connectivity index (χ4n) is 2.59. The molecule has 2 heterocycles. The molecule has 4 aromatic rings. The SMILES string of the molecule is CC.Cc1cc(-c2nc3ccc(O)cc3s2)c2ncc(OC(F)F)nc2c1. The minimum atomic E-state index is -2.95. The van der Waals surface area contributed by atoms with Crippen molar-refractivity contribution in [2.75, 3.05) is 0 Å². The standard InChI is InChI=1S/C17H11F2N3O2S.C2H6/c1-8-4-10(16-22-11-3-2-9(23)6-13(11)25-16)15-12(5-8)21-14(7-20-15)24-17(18)19;1-2/h2-7,17,23H,1H3;1-2H3. The number of phenolic OH excluding ortho intramolecular Hbond substituents is 1. The van der Waals surface area contributed by atoms with Gasteiger partial charge in [-0.3, -0.25) is 0 Å². The number of aromatic hydroxyl groups is 1. The number of fused-ring (bicyclic) bond motifs is 2. The number of rotatable bonds is 3. The second-order valence-electron chi connectivity index (χ2n) is 5.44. The van der Waals surface area contributed by atoms with E-state index in [-0.39, 0.29) is 11.6 Å². The van der Waals surface area contributed by atoms with Gasteiger partial charge in [0.25, 0.3) is 0 Å². The Labute approximate surface area is 158 Å². The highest BCUT2D eigenvalue weighted by molar-refractivity contribution is 7.21. The van der Waals surface area contributed by atoms with Crippen LogP contribution in [-0.2, 0) is 0 Å². The Hall–Kier alpha value is -2.87. The summed E-state index contributed by atoms with van der Waals surface area (Å²) in [7, 11) is 0. The summed E-state index contributed by atoms with van der Waals surface area (Å²) in [6.07, 6.45) is 1.17. The van der Waals surface area contributed by atoms with Crippen LogP contribution in [0.2, 0.25) is 0 Å². The van der Waals surface area contributed by atoms with Crippen LogP contribution in [0.25, 0.3) is 31.8 Å². The van der Waals surface area contributed by atoms with E-state index in [0.29, 0.717) is 16.0 Å². The summed E-state index contributed by atoms with van der Waals surface area (Å²) in [5.74, 6) is -0.0568. The van der Waals surface area contributed by atoms with E-state index in [4.69, 9.17) is 0 Å². The molecule has 8 heteroatoms. The zero-order valence-electron chi connectivity index (χ0n) is 14.9. The Bertz CT molecular complexity index is 1100. The first-order valence-corrected chi connectivity index (χ1v) is 9.13. The van der Waals surface area contributed by atoms with E-state index in [1.807, 2.05) is 26.8 Å². The van der Waals surface area contributed by atoms with Gasteiger partial charge in [-0.1, -0.05) is 13.8 Å². The molecule has 2 aromatic carbocycles. The normalized spacial score (nSPS) is 10.9. The lowest BCUT2D eigenvalue weighted by Crippen LogP contribution is -2.04. The van der Waals surface area contributed by atoms with Crippen molar-refractivity contribution in [1.82, 2.24) is 15.0 Å². The van der Waals surface area contributed by atoms with Gasteiger partial charge in [-0.05, 0) is 42.8 Å². The molecule has 0 aliphatic rings. The van der Waals surface area contributed by atoms with Crippen molar-refractivity contribution in [3.63, 3.8) is 0 Å². The summed E-state index contributed by atoms with van der Waals surface area (Å²) in [6.45, 7) is 2.93. The van der Waals surface area contributed by atoms with Gasteiger partial charge in [-0.25, -0.2) is 15.0 Å². The zero-order chi connectivity index (χ0) is 19.6. The zero-order valence-corrected chi connectivity index (χ0v) is 15.7. The third-order valence-electron chi connectivity index (χ3n) is 3.58. The molecule has 0 saturated carbocycles. The number of aryl methyl sites for hydroxylation is 1. The Morgan fingerprint density at radius 1 is 1.07 bits per heavy atom. The highest BCUT2D eigenvalue weighted by atomic mass is 32.1. The molecule has 27 heavy (non-hydrogen) atoms. The van der Waals surface area contributed by atoms with Crippen molar-refractivity contribution in [2.45, 2.75) is 27.4 Å². The van der Waals surface area contributed by atoms with Crippen molar-refractivity contribution in [2.24, 2.45) is 0 Å². The molecule has 140 valence electrons. The summed E-state index contributed by atoms with van der Waals surface area (Å²) in [4.78, 5) is 12.9. The van der Waals surface area contributed by atoms with E-state index < -0.39 is 6.61 Å². The van der Waals surface area contributed by atoms with Crippen LogP contribution in [0.4, 0.5) is 8.78 Å². The van der Waals surface area contributed by atoms with Crippen molar-refractivity contribution in [1.29, 1.82) is 0 Å². The molecule has 0 saturated heterocycles. The van der Waals surface area contributed by atoms with Gasteiger partial charge in [-0.15, -0.1) is 11.3 Å². The average molecular weight is 389 g/mol. The van der Waals surface area contributed by atoms with Gasteiger partial charge in [0.1, 0.15) is 10.8 Å². The summed E-state index contributed by atoms with van der Waals surface area (Å²) < 4.78 is 29.9. The van der Waals surface area contributed by atoms with Crippen LogP contribution in [0, 0.1) is 6.92 Å². The number of hydrogen-bond donors (Lipinski definition) is 1. The first kappa shape index (κ1) is 18.9. The quantitative estimate of drug-likeness (QED) is 0.498. The number of phenols is 1. The summed E-state index contributed by atoms with van der Waals surface area (Å²) in [5.41, 5.74) is 3.42. The molecule has 0 atom stereocenters. The summed E-state index contributed by atoms with van der Waals surface area (Å²) in [5, 5.41) is 10.3. The molecular weight excluding hydrogens is 372 g/mol. The maximum atomic E-state index is 12.4. The maximum Gasteiger partial charge on any atom is 0.388 e. The minimum Gasteiger partial charge on any atom is -0.508 e. The molecule has 0 bridgehead atoms. The smallest absolute Gasteiger partial charge is 0.388 e. The number of benzene rings is 2. The van der Waals surface area contributed by atoms with E-state index in [9.17, 15) is 13.9 Å². The lowest BCUT2D eigenvalue weighted by molar-refractivity contribution is -0.0528. The second-order valence-corrected chi connectivity index (χ2v) is 6.47. The van der Waals surface area contributed by atoms with Crippen LogP contribution in [0.1, 0.15) is 19.4 Å². The van der Waals surface area contributed by atoms with Gasteiger partial charge in [0.05, 0.1) is 27.4 Å². The largest absolute Gasteiger partial charge is 0.508 e. The highest BCUT2D eigenvalue weighted by Gasteiger charge is 2.14. The molecule has 1 N–H and O–H groups in total. The number of hydrogen-bond acceptors (Lipinski definition) is 6. The third kappa shape index (κ3) is 3.95. The third-order valence-corrected chi connectivity index (χ3v) is 4.63. The molecule has 0 aliphatic carbocycles. The van der Waals surface area contributed by atoms with Crippen LogP contribution in [-0.4, -0.2) is 26.7 Å².